The molecule has 4 rings (SSSR count). The van der Waals surface area contributed by atoms with Gasteiger partial charge in [-0.25, -0.2) is 0 Å². The average molecular weight is 452 g/mol. The number of allylic oxidation sites excluding steroid dienone is 2. The first-order valence-corrected chi connectivity index (χ1v) is 11.0. The van der Waals surface area contributed by atoms with Gasteiger partial charge in [-0.15, -0.1) is 0 Å². The van der Waals surface area contributed by atoms with Crippen molar-refractivity contribution in [2.45, 2.75) is 68.4 Å². The van der Waals surface area contributed by atoms with Crippen LogP contribution in [0.1, 0.15) is 65.4 Å². The molecule has 0 spiro atoms. The van der Waals surface area contributed by atoms with Gasteiger partial charge in [0.15, 0.2) is 0 Å². The summed E-state index contributed by atoms with van der Waals surface area (Å²) in [4.78, 5) is 0. The van der Waals surface area contributed by atoms with E-state index in [9.17, 15) is 0 Å². The molecule has 0 bridgehead atoms. The summed E-state index contributed by atoms with van der Waals surface area (Å²) >= 11 is 8.30. The van der Waals surface area contributed by atoms with Crippen LogP contribution in [0.2, 0.25) is 0 Å². The number of rotatable bonds is 2. The second-order valence-electron chi connectivity index (χ2n) is 9.08. The van der Waals surface area contributed by atoms with Crippen LogP contribution < -0.4 is 0 Å². The molecular formula is C22H28Br2. The third-order valence-corrected chi connectivity index (χ3v) is 9.63. The standard InChI is InChI=1S/C22H28Br2/c1-19(2)17(20(19,3)4)18-21(22(18,23)24,15-11-7-5-8-12-15)16-13-9-6-10-14-16/h5,7-8,11-12,16H,6,9-10,13-14H2,1-4H3. The zero-order chi connectivity index (χ0) is 17.4. The van der Waals surface area contributed by atoms with E-state index in [2.05, 4.69) is 89.9 Å². The van der Waals surface area contributed by atoms with Crippen LogP contribution in [0.15, 0.2) is 41.5 Å². The Morgan fingerprint density at radius 3 is 1.83 bits per heavy atom. The van der Waals surface area contributed by atoms with E-state index in [4.69, 9.17) is 0 Å². The number of halogens is 2. The Kier molecular flexibility index (Phi) is 3.77. The molecule has 0 aromatic heterocycles. The summed E-state index contributed by atoms with van der Waals surface area (Å²) in [7, 11) is 0. The van der Waals surface area contributed by atoms with Crippen molar-refractivity contribution >= 4 is 31.9 Å². The van der Waals surface area contributed by atoms with Crippen LogP contribution in [-0.4, -0.2) is 3.23 Å². The zero-order valence-electron chi connectivity index (χ0n) is 15.3. The molecule has 3 saturated carbocycles. The highest BCUT2D eigenvalue weighted by Gasteiger charge is 2.79. The van der Waals surface area contributed by atoms with E-state index < -0.39 is 0 Å². The Morgan fingerprint density at radius 2 is 1.33 bits per heavy atom. The molecule has 3 aliphatic rings. The van der Waals surface area contributed by atoms with Gasteiger partial charge < -0.3 is 0 Å². The van der Waals surface area contributed by atoms with E-state index in [1.807, 2.05) is 0 Å². The highest BCUT2D eigenvalue weighted by molar-refractivity contribution is 9.26. The molecule has 0 radical (unpaired) electrons. The molecule has 0 saturated heterocycles. The van der Waals surface area contributed by atoms with Crippen molar-refractivity contribution in [2.75, 3.05) is 0 Å². The first-order chi connectivity index (χ1) is 11.2. The second kappa shape index (κ2) is 5.22. The molecule has 1 aromatic carbocycles. The quantitative estimate of drug-likeness (QED) is 0.325. The van der Waals surface area contributed by atoms with Crippen LogP contribution in [0.25, 0.3) is 0 Å². The Labute approximate surface area is 163 Å². The van der Waals surface area contributed by atoms with Crippen molar-refractivity contribution in [1.29, 1.82) is 0 Å². The van der Waals surface area contributed by atoms with Gasteiger partial charge in [0.05, 0.1) is 5.41 Å². The molecular weight excluding hydrogens is 424 g/mol. The SMILES string of the molecule is CC1(C)C(=C2C(Br)(Br)C2(c2ccccc2)C2CCCCC2)C1(C)C. The van der Waals surface area contributed by atoms with Crippen LogP contribution in [0.3, 0.4) is 0 Å². The largest absolute Gasteiger partial charge is 0.116 e. The average Bonchev–Trinajstić information content (AvgIpc) is 3.21. The van der Waals surface area contributed by atoms with Gasteiger partial charge in [-0.2, -0.15) is 0 Å². The van der Waals surface area contributed by atoms with E-state index in [-0.39, 0.29) is 8.65 Å². The molecule has 0 aliphatic heterocycles. The topological polar surface area (TPSA) is 0 Å². The molecule has 0 amide bonds. The Balaban J connectivity index is 1.92. The minimum atomic E-state index is -0.0588. The predicted octanol–water partition coefficient (Wildman–Crippen LogP) is 7.37. The predicted molar refractivity (Wildman–Crippen MR) is 110 cm³/mol. The van der Waals surface area contributed by atoms with E-state index in [1.54, 1.807) is 11.1 Å². The van der Waals surface area contributed by atoms with Crippen LogP contribution in [0.4, 0.5) is 0 Å². The molecule has 130 valence electrons. The van der Waals surface area contributed by atoms with E-state index in [1.165, 1.54) is 37.7 Å². The summed E-state index contributed by atoms with van der Waals surface area (Å²) in [5.41, 5.74) is 5.56. The summed E-state index contributed by atoms with van der Waals surface area (Å²) in [6.07, 6.45) is 6.87. The van der Waals surface area contributed by atoms with Crippen LogP contribution >= 0.6 is 31.9 Å². The lowest BCUT2D eigenvalue weighted by atomic mass is 9.73. The summed E-state index contributed by atoms with van der Waals surface area (Å²) in [6, 6.07) is 11.3. The molecule has 0 nitrogen and oxygen atoms in total. The summed E-state index contributed by atoms with van der Waals surface area (Å²) in [6.45, 7) is 9.67. The molecule has 2 heteroatoms. The summed E-state index contributed by atoms with van der Waals surface area (Å²) < 4.78 is -0.0588. The number of benzene rings is 1. The first kappa shape index (κ1) is 17.3. The number of alkyl halides is 2. The normalized spacial score (nSPS) is 33.4. The fourth-order valence-electron chi connectivity index (χ4n) is 5.63. The molecule has 1 unspecified atom stereocenters. The summed E-state index contributed by atoms with van der Waals surface area (Å²) in [5.74, 6) is 0.738. The van der Waals surface area contributed by atoms with E-state index >= 15 is 0 Å². The van der Waals surface area contributed by atoms with Gasteiger partial charge in [-0.1, -0.05) is 115 Å². The van der Waals surface area contributed by atoms with Crippen molar-refractivity contribution in [3.63, 3.8) is 0 Å². The smallest absolute Gasteiger partial charge is 0.0664 e. The zero-order valence-corrected chi connectivity index (χ0v) is 18.4. The monoisotopic (exact) mass is 450 g/mol. The Bertz CT molecular complexity index is 674. The van der Waals surface area contributed by atoms with E-state index in [0.717, 1.165) is 5.92 Å². The van der Waals surface area contributed by atoms with Gasteiger partial charge in [-0.3, -0.25) is 0 Å². The molecule has 3 aliphatic carbocycles. The van der Waals surface area contributed by atoms with Gasteiger partial charge in [-0.05, 0) is 40.7 Å². The van der Waals surface area contributed by atoms with Gasteiger partial charge in [0.25, 0.3) is 0 Å². The van der Waals surface area contributed by atoms with Gasteiger partial charge in [0, 0.05) is 0 Å². The van der Waals surface area contributed by atoms with Gasteiger partial charge >= 0.3 is 0 Å². The molecule has 0 heterocycles. The second-order valence-corrected chi connectivity index (χ2v) is 12.5. The third-order valence-electron chi connectivity index (χ3n) is 7.59. The maximum atomic E-state index is 4.15. The number of hydrogen-bond donors (Lipinski definition) is 0. The van der Waals surface area contributed by atoms with E-state index in [0.29, 0.717) is 10.8 Å². The Hall–Kier alpha value is -0.0800. The lowest BCUT2D eigenvalue weighted by Crippen LogP contribution is -2.28. The maximum absolute atomic E-state index is 4.15. The highest BCUT2D eigenvalue weighted by Crippen LogP contribution is 2.84. The van der Waals surface area contributed by atoms with Gasteiger partial charge in [0.2, 0.25) is 0 Å². The molecule has 1 aromatic rings. The highest BCUT2D eigenvalue weighted by atomic mass is 79.9. The lowest BCUT2D eigenvalue weighted by molar-refractivity contribution is 0.298. The molecule has 24 heavy (non-hydrogen) atoms. The van der Waals surface area contributed by atoms with Crippen molar-refractivity contribution in [1.82, 2.24) is 0 Å². The van der Waals surface area contributed by atoms with Crippen LogP contribution in [-0.2, 0) is 5.41 Å². The van der Waals surface area contributed by atoms with Crippen molar-refractivity contribution < 1.29 is 0 Å². The minimum Gasteiger partial charge on any atom is -0.0664 e. The van der Waals surface area contributed by atoms with Crippen molar-refractivity contribution in [3.05, 3.63) is 47.0 Å². The van der Waals surface area contributed by atoms with Crippen LogP contribution in [0.5, 0.6) is 0 Å². The minimum absolute atomic E-state index is 0.0588. The molecule has 0 N–H and O–H groups in total. The number of hydrogen-bond acceptors (Lipinski definition) is 0. The lowest BCUT2D eigenvalue weighted by Gasteiger charge is -2.32. The molecule has 1 atom stereocenters. The first-order valence-electron chi connectivity index (χ1n) is 9.39. The van der Waals surface area contributed by atoms with Crippen molar-refractivity contribution in [2.24, 2.45) is 16.7 Å². The summed E-state index contributed by atoms with van der Waals surface area (Å²) in [5, 5.41) is 0. The van der Waals surface area contributed by atoms with Crippen molar-refractivity contribution in [3.8, 4) is 0 Å². The van der Waals surface area contributed by atoms with Gasteiger partial charge in [0.1, 0.15) is 3.23 Å². The third kappa shape index (κ3) is 1.96. The maximum Gasteiger partial charge on any atom is 0.116 e. The fraction of sp³-hybridized carbons (Fsp3) is 0.636. The molecule has 3 fully saturated rings. The Morgan fingerprint density at radius 1 is 0.792 bits per heavy atom. The van der Waals surface area contributed by atoms with Crippen LogP contribution in [0, 0.1) is 16.7 Å². The fourth-order valence-corrected chi connectivity index (χ4v) is 7.96.